The number of amides is 1. The van der Waals surface area contributed by atoms with E-state index in [1.54, 1.807) is 23.0 Å². The Kier molecular flexibility index (Phi) is 4.30. The lowest BCUT2D eigenvalue weighted by molar-refractivity contribution is 0.102. The summed E-state index contributed by atoms with van der Waals surface area (Å²) in [6.07, 6.45) is 1.70. The van der Waals surface area contributed by atoms with Crippen LogP contribution in [-0.2, 0) is 0 Å². The van der Waals surface area contributed by atoms with Crippen molar-refractivity contribution in [2.45, 2.75) is 0 Å². The lowest BCUT2D eigenvalue weighted by Gasteiger charge is -2.02. The summed E-state index contributed by atoms with van der Waals surface area (Å²) in [4.78, 5) is 14.0. The molecular formula is C19H12ClN7OS. The SMILES string of the molecule is O=C(Nc1nnc2ccc(Cl)nn12)c1cn(-c2ccccc2)nc1-c1cccs1. The summed E-state index contributed by atoms with van der Waals surface area (Å²) in [6.45, 7) is 0. The fourth-order valence-corrected chi connectivity index (χ4v) is 3.72. The number of nitrogens with one attached hydrogen (secondary N) is 1. The fraction of sp³-hybridized carbons (Fsp3) is 0. The first-order valence-corrected chi connectivity index (χ1v) is 9.83. The van der Waals surface area contributed by atoms with E-state index in [-0.39, 0.29) is 17.0 Å². The summed E-state index contributed by atoms with van der Waals surface area (Å²) in [6, 6.07) is 16.7. The van der Waals surface area contributed by atoms with Gasteiger partial charge in [0.25, 0.3) is 11.9 Å². The van der Waals surface area contributed by atoms with Crippen molar-refractivity contribution in [1.82, 2.24) is 29.6 Å². The minimum absolute atomic E-state index is 0.178. The number of carbonyl (C=O) groups excluding carboxylic acids is 1. The standard InChI is InChI=1S/C19H12ClN7OS/c20-15-8-9-16-22-23-19(27(16)24-15)21-18(28)13-11-26(12-5-2-1-3-6-12)25-17(13)14-7-4-10-29-14/h1-11H,(H,21,23,28). The molecule has 0 saturated carbocycles. The van der Waals surface area contributed by atoms with Crippen molar-refractivity contribution < 1.29 is 4.79 Å². The van der Waals surface area contributed by atoms with Crippen molar-refractivity contribution in [2.75, 3.05) is 5.32 Å². The molecule has 0 aliphatic carbocycles. The molecule has 0 saturated heterocycles. The fourth-order valence-electron chi connectivity index (χ4n) is 2.86. The first-order chi connectivity index (χ1) is 14.2. The molecule has 8 nitrogen and oxygen atoms in total. The van der Waals surface area contributed by atoms with Crippen LogP contribution in [0.15, 0.2) is 66.2 Å². The maximum Gasteiger partial charge on any atom is 0.261 e. The molecule has 5 rings (SSSR count). The summed E-state index contributed by atoms with van der Waals surface area (Å²) in [5.74, 6) is -0.191. The molecule has 0 aliphatic rings. The van der Waals surface area contributed by atoms with Crippen LogP contribution >= 0.6 is 22.9 Å². The van der Waals surface area contributed by atoms with E-state index in [2.05, 4.69) is 25.7 Å². The van der Waals surface area contributed by atoms with Crippen LogP contribution in [0.1, 0.15) is 10.4 Å². The Morgan fingerprint density at radius 1 is 1.00 bits per heavy atom. The van der Waals surface area contributed by atoms with Gasteiger partial charge in [0.15, 0.2) is 5.65 Å². The third-order valence-corrected chi connectivity index (χ3v) is 5.27. The second kappa shape index (κ2) is 7.12. The molecule has 10 heteroatoms. The number of halogens is 1. The molecule has 0 aliphatic heterocycles. The first kappa shape index (κ1) is 17.5. The predicted octanol–water partition coefficient (Wildman–Crippen LogP) is 3.94. The van der Waals surface area contributed by atoms with Crippen LogP contribution in [0.3, 0.4) is 0 Å². The second-order valence-corrected chi connectivity index (χ2v) is 7.39. The van der Waals surface area contributed by atoms with Crippen molar-refractivity contribution in [3.63, 3.8) is 0 Å². The number of rotatable bonds is 4. The highest BCUT2D eigenvalue weighted by Crippen LogP contribution is 2.28. The third kappa shape index (κ3) is 3.26. The first-order valence-electron chi connectivity index (χ1n) is 8.57. The number of carbonyl (C=O) groups is 1. The molecule has 5 aromatic rings. The Labute approximate surface area is 173 Å². The monoisotopic (exact) mass is 421 g/mol. The molecule has 29 heavy (non-hydrogen) atoms. The van der Waals surface area contributed by atoms with Crippen LogP contribution in [0.4, 0.5) is 5.95 Å². The summed E-state index contributed by atoms with van der Waals surface area (Å²) in [5, 5.41) is 21.7. The number of fused-ring (bicyclic) bond motifs is 1. The number of nitrogens with zero attached hydrogens (tertiary/aromatic N) is 6. The van der Waals surface area contributed by atoms with Gasteiger partial charge in [0.2, 0.25) is 0 Å². The zero-order chi connectivity index (χ0) is 19.8. The normalized spacial score (nSPS) is 11.1. The van der Waals surface area contributed by atoms with Crippen LogP contribution in [0, 0.1) is 0 Å². The zero-order valence-electron chi connectivity index (χ0n) is 14.7. The van der Waals surface area contributed by atoms with Crippen molar-refractivity contribution in [3.05, 3.63) is 76.9 Å². The van der Waals surface area contributed by atoms with Gasteiger partial charge in [0.05, 0.1) is 16.1 Å². The van der Waals surface area contributed by atoms with Gasteiger partial charge in [-0.3, -0.25) is 10.1 Å². The highest BCUT2D eigenvalue weighted by molar-refractivity contribution is 7.13. The number of thiophene rings is 1. The lowest BCUT2D eigenvalue weighted by Crippen LogP contribution is -2.15. The molecule has 1 N–H and O–H groups in total. The molecule has 0 radical (unpaired) electrons. The molecule has 4 aromatic heterocycles. The number of hydrogen-bond donors (Lipinski definition) is 1. The topological polar surface area (TPSA) is 90.0 Å². The average molecular weight is 422 g/mol. The molecule has 0 bridgehead atoms. The van der Waals surface area contributed by atoms with E-state index in [0.717, 1.165) is 10.6 Å². The van der Waals surface area contributed by atoms with Gasteiger partial charge in [-0.1, -0.05) is 35.9 Å². The Balaban J connectivity index is 1.56. The van der Waals surface area contributed by atoms with Gasteiger partial charge < -0.3 is 0 Å². The van der Waals surface area contributed by atoms with Crippen LogP contribution in [0.2, 0.25) is 5.15 Å². The molecule has 0 unspecified atom stereocenters. The smallest absolute Gasteiger partial charge is 0.261 e. The Hall–Kier alpha value is -3.56. The Morgan fingerprint density at radius 3 is 2.66 bits per heavy atom. The minimum atomic E-state index is -0.369. The molecule has 4 heterocycles. The van der Waals surface area contributed by atoms with E-state index in [9.17, 15) is 4.79 Å². The number of aromatic nitrogens is 6. The molecule has 0 fully saturated rings. The van der Waals surface area contributed by atoms with Crippen molar-refractivity contribution in [1.29, 1.82) is 0 Å². The molecule has 142 valence electrons. The van der Waals surface area contributed by atoms with Crippen molar-refractivity contribution in [3.8, 4) is 16.3 Å². The van der Waals surface area contributed by atoms with Gasteiger partial charge in [0.1, 0.15) is 10.8 Å². The molecule has 1 aromatic carbocycles. The highest BCUT2D eigenvalue weighted by atomic mass is 35.5. The van der Waals surface area contributed by atoms with Gasteiger partial charge in [-0.2, -0.15) is 14.7 Å². The maximum absolute atomic E-state index is 13.1. The maximum atomic E-state index is 13.1. The van der Waals surface area contributed by atoms with Gasteiger partial charge >= 0.3 is 0 Å². The van der Waals surface area contributed by atoms with Gasteiger partial charge in [-0.05, 0) is 35.7 Å². The molecular weight excluding hydrogens is 410 g/mol. The minimum Gasteiger partial charge on any atom is -0.289 e. The lowest BCUT2D eigenvalue weighted by atomic mass is 10.2. The van der Waals surface area contributed by atoms with Crippen LogP contribution in [0.25, 0.3) is 21.9 Å². The number of anilines is 1. The Morgan fingerprint density at radius 2 is 1.86 bits per heavy atom. The summed E-state index contributed by atoms with van der Waals surface area (Å²) >= 11 is 7.46. The van der Waals surface area contributed by atoms with Gasteiger partial charge in [-0.25, -0.2) is 4.68 Å². The Bertz CT molecular complexity index is 1310. The summed E-state index contributed by atoms with van der Waals surface area (Å²) in [5.41, 5.74) is 2.32. The molecule has 0 spiro atoms. The quantitative estimate of drug-likeness (QED) is 0.474. The van der Waals surface area contributed by atoms with E-state index in [0.29, 0.717) is 16.9 Å². The van der Waals surface area contributed by atoms with E-state index >= 15 is 0 Å². The highest BCUT2D eigenvalue weighted by Gasteiger charge is 2.21. The van der Waals surface area contributed by atoms with Crippen molar-refractivity contribution >= 4 is 40.4 Å². The predicted molar refractivity (Wildman–Crippen MR) is 111 cm³/mol. The third-order valence-electron chi connectivity index (χ3n) is 4.19. The van der Waals surface area contributed by atoms with E-state index in [1.807, 2.05) is 47.8 Å². The van der Waals surface area contributed by atoms with Crippen molar-refractivity contribution in [2.24, 2.45) is 0 Å². The van der Waals surface area contributed by atoms with E-state index in [1.165, 1.54) is 15.9 Å². The number of para-hydroxylation sites is 1. The molecule has 0 atom stereocenters. The van der Waals surface area contributed by atoms with E-state index < -0.39 is 0 Å². The average Bonchev–Trinajstić information content (AvgIpc) is 3.48. The van der Waals surface area contributed by atoms with E-state index in [4.69, 9.17) is 11.6 Å². The zero-order valence-corrected chi connectivity index (χ0v) is 16.3. The van der Waals surface area contributed by atoms with Gasteiger partial charge in [0, 0.05) is 6.20 Å². The molecule has 1 amide bonds. The van der Waals surface area contributed by atoms with Crippen LogP contribution < -0.4 is 5.32 Å². The largest absolute Gasteiger partial charge is 0.289 e. The summed E-state index contributed by atoms with van der Waals surface area (Å²) in [7, 11) is 0. The number of hydrogen-bond acceptors (Lipinski definition) is 6. The van der Waals surface area contributed by atoms with Crippen LogP contribution in [0.5, 0.6) is 0 Å². The number of benzene rings is 1. The second-order valence-electron chi connectivity index (χ2n) is 6.05. The summed E-state index contributed by atoms with van der Waals surface area (Å²) < 4.78 is 3.06. The van der Waals surface area contributed by atoms with Crippen LogP contribution in [-0.4, -0.2) is 35.5 Å². The van der Waals surface area contributed by atoms with Gasteiger partial charge in [-0.15, -0.1) is 21.5 Å².